The van der Waals surface area contributed by atoms with Gasteiger partial charge in [0.25, 0.3) is 0 Å². The third-order valence-corrected chi connectivity index (χ3v) is 2.26. The molecule has 1 atom stereocenters. The highest BCUT2D eigenvalue weighted by atomic mass is 16.1. The SMILES string of the molecule is CCCCC(C)CC(=O)CC(C)C. The van der Waals surface area contributed by atoms with Crippen molar-refractivity contribution in [3.63, 3.8) is 0 Å². The average Bonchev–Trinajstić information content (AvgIpc) is 1.98. The van der Waals surface area contributed by atoms with Crippen LogP contribution in [0.25, 0.3) is 0 Å². The largest absolute Gasteiger partial charge is 0.300 e. The van der Waals surface area contributed by atoms with Crippen molar-refractivity contribution in [2.45, 2.75) is 59.8 Å². The molecule has 1 nitrogen and oxygen atoms in total. The Balaban J connectivity index is 3.53. The first kappa shape index (κ1) is 12.7. The molecule has 1 heteroatoms. The predicted octanol–water partition coefficient (Wildman–Crippen LogP) is 3.82. The normalized spacial score (nSPS) is 13.3. The Morgan fingerprint density at radius 3 is 2.23 bits per heavy atom. The zero-order chi connectivity index (χ0) is 10.3. The van der Waals surface area contributed by atoms with Crippen molar-refractivity contribution < 1.29 is 4.79 Å². The van der Waals surface area contributed by atoms with Crippen LogP contribution in [0.5, 0.6) is 0 Å². The van der Waals surface area contributed by atoms with Gasteiger partial charge in [0.15, 0.2) is 0 Å². The van der Waals surface area contributed by atoms with Gasteiger partial charge in [-0.25, -0.2) is 0 Å². The first-order valence-electron chi connectivity index (χ1n) is 5.58. The summed E-state index contributed by atoms with van der Waals surface area (Å²) in [6.07, 6.45) is 5.26. The molecule has 0 spiro atoms. The third kappa shape index (κ3) is 8.01. The molecule has 0 aromatic heterocycles. The summed E-state index contributed by atoms with van der Waals surface area (Å²) in [5.74, 6) is 1.55. The summed E-state index contributed by atoms with van der Waals surface area (Å²) in [5, 5.41) is 0. The Morgan fingerprint density at radius 1 is 1.15 bits per heavy atom. The van der Waals surface area contributed by atoms with E-state index < -0.39 is 0 Å². The van der Waals surface area contributed by atoms with Gasteiger partial charge in [0.2, 0.25) is 0 Å². The minimum Gasteiger partial charge on any atom is -0.300 e. The van der Waals surface area contributed by atoms with Crippen LogP contribution in [0.4, 0.5) is 0 Å². The van der Waals surface area contributed by atoms with E-state index in [1.165, 1.54) is 19.3 Å². The topological polar surface area (TPSA) is 17.1 Å². The van der Waals surface area contributed by atoms with E-state index in [1.807, 2.05) is 0 Å². The first-order chi connectivity index (χ1) is 6.06. The summed E-state index contributed by atoms with van der Waals surface area (Å²) in [4.78, 5) is 11.4. The van der Waals surface area contributed by atoms with E-state index in [9.17, 15) is 4.79 Å². The summed E-state index contributed by atoms with van der Waals surface area (Å²) in [6, 6.07) is 0. The molecule has 0 aliphatic heterocycles. The van der Waals surface area contributed by atoms with E-state index in [-0.39, 0.29) is 0 Å². The van der Waals surface area contributed by atoms with Crippen molar-refractivity contribution in [2.75, 3.05) is 0 Å². The fourth-order valence-corrected chi connectivity index (χ4v) is 1.58. The monoisotopic (exact) mass is 184 g/mol. The van der Waals surface area contributed by atoms with Crippen LogP contribution in [0.15, 0.2) is 0 Å². The fraction of sp³-hybridized carbons (Fsp3) is 0.917. The van der Waals surface area contributed by atoms with E-state index in [4.69, 9.17) is 0 Å². The molecule has 13 heavy (non-hydrogen) atoms. The lowest BCUT2D eigenvalue weighted by Crippen LogP contribution is -2.08. The van der Waals surface area contributed by atoms with E-state index >= 15 is 0 Å². The number of hydrogen-bond donors (Lipinski definition) is 0. The van der Waals surface area contributed by atoms with Crippen LogP contribution in [0.2, 0.25) is 0 Å². The fourth-order valence-electron chi connectivity index (χ4n) is 1.58. The number of carbonyl (C=O) groups excluding carboxylic acids is 1. The number of ketones is 1. The molecule has 0 rings (SSSR count). The maximum atomic E-state index is 11.4. The van der Waals surface area contributed by atoms with Crippen LogP contribution >= 0.6 is 0 Å². The Hall–Kier alpha value is -0.330. The van der Waals surface area contributed by atoms with Gasteiger partial charge >= 0.3 is 0 Å². The highest BCUT2D eigenvalue weighted by molar-refractivity contribution is 5.78. The second kappa shape index (κ2) is 7.11. The number of carbonyl (C=O) groups is 1. The Morgan fingerprint density at radius 2 is 1.77 bits per heavy atom. The maximum absolute atomic E-state index is 11.4. The van der Waals surface area contributed by atoms with Crippen LogP contribution in [0, 0.1) is 11.8 Å². The lowest BCUT2D eigenvalue weighted by molar-refractivity contribution is -0.120. The minimum absolute atomic E-state index is 0.443. The van der Waals surface area contributed by atoms with Crippen molar-refractivity contribution in [1.29, 1.82) is 0 Å². The molecule has 0 heterocycles. The quantitative estimate of drug-likeness (QED) is 0.588. The van der Waals surface area contributed by atoms with Gasteiger partial charge in [0, 0.05) is 12.8 Å². The molecule has 0 saturated carbocycles. The van der Waals surface area contributed by atoms with Crippen LogP contribution in [-0.2, 0) is 4.79 Å². The van der Waals surface area contributed by atoms with E-state index in [1.54, 1.807) is 0 Å². The maximum Gasteiger partial charge on any atom is 0.133 e. The lowest BCUT2D eigenvalue weighted by Gasteiger charge is -2.10. The number of unbranched alkanes of at least 4 members (excludes halogenated alkanes) is 1. The predicted molar refractivity (Wildman–Crippen MR) is 57.8 cm³/mol. The van der Waals surface area contributed by atoms with Gasteiger partial charge in [-0.15, -0.1) is 0 Å². The standard InChI is InChI=1S/C12H24O/c1-5-6-7-11(4)9-12(13)8-10(2)3/h10-11H,5-9H2,1-4H3. The van der Waals surface area contributed by atoms with Gasteiger partial charge in [0.1, 0.15) is 5.78 Å². The Bertz CT molecular complexity index is 138. The summed E-state index contributed by atoms with van der Waals surface area (Å²) in [7, 11) is 0. The van der Waals surface area contributed by atoms with Crippen LogP contribution in [-0.4, -0.2) is 5.78 Å². The summed E-state index contributed by atoms with van der Waals surface area (Å²) in [6.45, 7) is 8.60. The van der Waals surface area contributed by atoms with Crippen molar-refractivity contribution in [2.24, 2.45) is 11.8 Å². The molecule has 0 N–H and O–H groups in total. The molecule has 0 aliphatic carbocycles. The number of rotatable bonds is 7. The zero-order valence-electron chi connectivity index (χ0n) is 9.60. The number of hydrogen-bond acceptors (Lipinski definition) is 1. The lowest BCUT2D eigenvalue weighted by atomic mass is 9.95. The second-order valence-corrected chi connectivity index (χ2v) is 4.59. The van der Waals surface area contributed by atoms with Gasteiger partial charge in [-0.05, 0) is 11.8 Å². The molecule has 0 saturated heterocycles. The number of Topliss-reactive ketones (excluding diaryl/α,β-unsaturated/α-hetero) is 1. The summed E-state index contributed by atoms with van der Waals surface area (Å²) >= 11 is 0. The summed E-state index contributed by atoms with van der Waals surface area (Å²) < 4.78 is 0. The first-order valence-corrected chi connectivity index (χ1v) is 5.58. The molecular formula is C12H24O. The van der Waals surface area contributed by atoms with Gasteiger partial charge in [-0.2, -0.15) is 0 Å². The molecule has 1 unspecified atom stereocenters. The van der Waals surface area contributed by atoms with Crippen LogP contribution < -0.4 is 0 Å². The molecule has 0 bridgehead atoms. The molecule has 78 valence electrons. The molecule has 0 amide bonds. The van der Waals surface area contributed by atoms with E-state index in [0.29, 0.717) is 17.6 Å². The van der Waals surface area contributed by atoms with E-state index in [2.05, 4.69) is 27.7 Å². The Kier molecular flexibility index (Phi) is 6.93. The minimum atomic E-state index is 0.443. The average molecular weight is 184 g/mol. The summed E-state index contributed by atoms with van der Waals surface area (Å²) in [5.41, 5.74) is 0. The van der Waals surface area contributed by atoms with Gasteiger partial charge in [-0.1, -0.05) is 47.0 Å². The van der Waals surface area contributed by atoms with Gasteiger partial charge < -0.3 is 0 Å². The van der Waals surface area contributed by atoms with Gasteiger partial charge in [0.05, 0.1) is 0 Å². The molecule has 0 radical (unpaired) electrons. The smallest absolute Gasteiger partial charge is 0.133 e. The molecule has 0 aromatic carbocycles. The van der Waals surface area contributed by atoms with Crippen molar-refractivity contribution in [3.05, 3.63) is 0 Å². The van der Waals surface area contributed by atoms with Crippen LogP contribution in [0.3, 0.4) is 0 Å². The van der Waals surface area contributed by atoms with Gasteiger partial charge in [-0.3, -0.25) is 4.79 Å². The molecule has 0 aromatic rings. The van der Waals surface area contributed by atoms with E-state index in [0.717, 1.165) is 12.8 Å². The molecule has 0 aliphatic rings. The second-order valence-electron chi connectivity index (χ2n) is 4.59. The molecular weight excluding hydrogens is 160 g/mol. The highest BCUT2D eigenvalue weighted by Crippen LogP contribution is 2.14. The van der Waals surface area contributed by atoms with Crippen molar-refractivity contribution >= 4 is 5.78 Å². The highest BCUT2D eigenvalue weighted by Gasteiger charge is 2.09. The van der Waals surface area contributed by atoms with Crippen molar-refractivity contribution in [1.82, 2.24) is 0 Å². The third-order valence-electron chi connectivity index (χ3n) is 2.26. The molecule has 0 fully saturated rings. The Labute approximate surface area is 82.9 Å². The zero-order valence-corrected chi connectivity index (χ0v) is 9.60. The van der Waals surface area contributed by atoms with Crippen molar-refractivity contribution in [3.8, 4) is 0 Å². The van der Waals surface area contributed by atoms with Crippen LogP contribution in [0.1, 0.15) is 59.8 Å².